The number of carbonyl (C=O) groups is 1. The van der Waals surface area contributed by atoms with E-state index in [1.807, 2.05) is 12.1 Å². The molecule has 0 saturated carbocycles. The lowest BCUT2D eigenvalue weighted by Crippen LogP contribution is -2.50. The minimum absolute atomic E-state index is 0.0642. The van der Waals surface area contributed by atoms with Crippen LogP contribution in [0.15, 0.2) is 39.7 Å². The van der Waals surface area contributed by atoms with Crippen LogP contribution in [0.1, 0.15) is 42.3 Å². The molecule has 0 radical (unpaired) electrons. The number of nitrogens with one attached hydrogen (secondary N) is 1. The number of ether oxygens (including phenoxy) is 1. The summed E-state index contributed by atoms with van der Waals surface area (Å²) >= 11 is 3.27. The van der Waals surface area contributed by atoms with E-state index in [-0.39, 0.29) is 45.5 Å². The Hall–Kier alpha value is -2.68. The maximum atomic E-state index is 12.9. The first-order valence-electron chi connectivity index (χ1n) is 10.1. The van der Waals surface area contributed by atoms with Crippen molar-refractivity contribution in [2.75, 3.05) is 19.8 Å². The lowest BCUT2D eigenvalue weighted by atomic mass is 9.87. The van der Waals surface area contributed by atoms with Crippen LogP contribution >= 0.6 is 15.9 Å². The molecule has 7 nitrogen and oxygen atoms in total. The van der Waals surface area contributed by atoms with E-state index in [1.54, 1.807) is 0 Å². The Morgan fingerprint density at radius 1 is 1.29 bits per heavy atom. The summed E-state index contributed by atoms with van der Waals surface area (Å²) in [6.07, 6.45) is 0. The second kappa shape index (κ2) is 8.11. The third-order valence-electron chi connectivity index (χ3n) is 5.44. The maximum absolute atomic E-state index is 12.9. The molecule has 1 N–H and O–H groups in total. The second-order valence-electron chi connectivity index (χ2n) is 8.86. The Balaban J connectivity index is 1.57. The predicted octanol–water partition coefficient (Wildman–Crippen LogP) is 3.70. The first-order valence-corrected chi connectivity index (χ1v) is 10.9. The number of aromatic nitrogens is 3. The van der Waals surface area contributed by atoms with Crippen LogP contribution in [0.2, 0.25) is 0 Å². The number of H-pyrrole nitrogens is 1. The Bertz CT molecular complexity index is 1170. The maximum Gasteiger partial charge on any atom is 0.278 e. The smallest absolute Gasteiger partial charge is 0.278 e. The number of nitrogens with zero attached hydrogens (tertiary/aromatic N) is 3. The monoisotopic (exact) mass is 490 g/mol. The molecule has 3 heterocycles. The molecule has 3 aromatic rings. The highest BCUT2D eigenvalue weighted by Crippen LogP contribution is 2.26. The minimum atomic E-state index is -0.453. The molecular weight excluding hydrogens is 467 g/mol. The summed E-state index contributed by atoms with van der Waals surface area (Å²) in [5.41, 5.74) is 2.29. The molecule has 31 heavy (non-hydrogen) atoms. The Morgan fingerprint density at radius 2 is 1.97 bits per heavy atom. The average Bonchev–Trinajstić information content (AvgIpc) is 3.01. The molecule has 0 unspecified atom stereocenters. The van der Waals surface area contributed by atoms with Crippen LogP contribution in [-0.2, 0) is 12.0 Å². The van der Waals surface area contributed by atoms with Crippen LogP contribution in [0.3, 0.4) is 0 Å². The van der Waals surface area contributed by atoms with Crippen molar-refractivity contribution in [1.82, 2.24) is 19.5 Å². The van der Waals surface area contributed by atoms with E-state index < -0.39 is 12.2 Å². The Labute approximate surface area is 187 Å². The number of likely N-dealkylation sites (tertiary alicyclic amines) is 1. The van der Waals surface area contributed by atoms with E-state index in [1.165, 1.54) is 16.5 Å². The van der Waals surface area contributed by atoms with Crippen molar-refractivity contribution < 1.29 is 13.9 Å². The minimum Gasteiger partial charge on any atom is -0.474 e. The number of hydrogen-bond acceptors (Lipinski definition) is 4. The van der Waals surface area contributed by atoms with Crippen molar-refractivity contribution in [3.05, 3.63) is 62.0 Å². The molecule has 1 aliphatic heterocycles. The van der Waals surface area contributed by atoms with Gasteiger partial charge in [0.25, 0.3) is 11.5 Å². The molecule has 1 aromatic carbocycles. The number of aromatic amines is 1. The summed E-state index contributed by atoms with van der Waals surface area (Å²) in [7, 11) is 0. The molecule has 1 amide bonds. The number of rotatable bonds is 5. The van der Waals surface area contributed by atoms with Crippen molar-refractivity contribution in [1.29, 1.82) is 0 Å². The molecule has 0 spiro atoms. The fraction of sp³-hybridized carbons (Fsp3) is 0.409. The van der Waals surface area contributed by atoms with Gasteiger partial charge in [0.05, 0.1) is 12.7 Å². The van der Waals surface area contributed by atoms with E-state index >= 15 is 0 Å². The van der Waals surface area contributed by atoms with E-state index in [0.717, 1.165) is 10.1 Å². The molecule has 0 bridgehead atoms. The van der Waals surface area contributed by atoms with Gasteiger partial charge in [0.15, 0.2) is 11.5 Å². The fourth-order valence-electron chi connectivity index (χ4n) is 3.51. The van der Waals surface area contributed by atoms with Gasteiger partial charge in [0.1, 0.15) is 16.8 Å². The molecule has 4 rings (SSSR count). The van der Waals surface area contributed by atoms with Crippen molar-refractivity contribution >= 4 is 27.5 Å². The topological polar surface area (TPSA) is 79.7 Å². The molecule has 0 aliphatic carbocycles. The number of hydrogen-bond donors (Lipinski definition) is 1. The molecule has 164 valence electrons. The third kappa shape index (κ3) is 4.23. The third-order valence-corrected chi connectivity index (χ3v) is 5.99. The number of alkyl halides is 1. The van der Waals surface area contributed by atoms with Gasteiger partial charge in [0, 0.05) is 19.0 Å². The summed E-state index contributed by atoms with van der Waals surface area (Å²) in [4.78, 5) is 29.9. The first kappa shape index (κ1) is 21.5. The number of carbonyl (C=O) groups excluding carboxylic acids is 1. The molecule has 0 atom stereocenters. The molecule has 1 saturated heterocycles. The number of halogens is 2. The lowest BCUT2D eigenvalue weighted by molar-refractivity contribution is 0.0453. The zero-order valence-corrected chi connectivity index (χ0v) is 19.2. The van der Waals surface area contributed by atoms with Gasteiger partial charge in [-0.1, -0.05) is 45.0 Å². The van der Waals surface area contributed by atoms with Crippen molar-refractivity contribution in [3.63, 3.8) is 0 Å². The highest BCUT2D eigenvalue weighted by Gasteiger charge is 2.34. The van der Waals surface area contributed by atoms with Gasteiger partial charge >= 0.3 is 0 Å². The zero-order chi connectivity index (χ0) is 22.3. The number of fused-ring (bicyclic) bond motifs is 1. The summed E-state index contributed by atoms with van der Waals surface area (Å²) in [5.74, 6) is -0.201. The second-order valence-corrected chi connectivity index (χ2v) is 9.62. The number of amides is 1. The first-order chi connectivity index (χ1) is 14.7. The largest absolute Gasteiger partial charge is 0.474 e. The standard InChI is InChI=1S/C22H24BrFN4O3/c1-22(2,3)15-6-4-13(5-7-15)12-31-16-8-17(29)28-20(25-16)18(19(23)26-28)21(30)27-10-14(9-24)11-27/h4-8,14,25H,9-12H2,1-3H3. The van der Waals surface area contributed by atoms with Crippen molar-refractivity contribution in [2.24, 2.45) is 5.92 Å². The van der Waals surface area contributed by atoms with Gasteiger partial charge in [-0.15, -0.1) is 0 Å². The van der Waals surface area contributed by atoms with E-state index in [4.69, 9.17) is 4.74 Å². The van der Waals surface area contributed by atoms with Gasteiger partial charge in [0.2, 0.25) is 0 Å². The summed E-state index contributed by atoms with van der Waals surface area (Å²) in [6, 6.07) is 9.41. The summed E-state index contributed by atoms with van der Waals surface area (Å²) in [5, 5.41) is 4.12. The van der Waals surface area contributed by atoms with Crippen LogP contribution in [0, 0.1) is 5.92 Å². The van der Waals surface area contributed by atoms with Gasteiger partial charge < -0.3 is 14.6 Å². The molecule has 1 aliphatic rings. The Morgan fingerprint density at radius 3 is 2.58 bits per heavy atom. The van der Waals surface area contributed by atoms with Gasteiger partial charge in [-0.3, -0.25) is 14.0 Å². The molecule has 9 heteroatoms. The SMILES string of the molecule is CC(C)(C)c1ccc(COc2cc(=O)n3nc(Br)c(C(=O)N4CC(CF)C4)c3[nH]2)cc1. The summed E-state index contributed by atoms with van der Waals surface area (Å²) in [6.45, 7) is 6.97. The van der Waals surface area contributed by atoms with Crippen molar-refractivity contribution in [3.8, 4) is 5.88 Å². The molecule has 1 fully saturated rings. The van der Waals surface area contributed by atoms with Gasteiger partial charge in [-0.05, 0) is 32.5 Å². The van der Waals surface area contributed by atoms with Crippen LogP contribution in [-0.4, -0.2) is 45.2 Å². The highest BCUT2D eigenvalue weighted by molar-refractivity contribution is 9.10. The van der Waals surface area contributed by atoms with E-state index in [0.29, 0.717) is 13.1 Å². The van der Waals surface area contributed by atoms with Crippen LogP contribution in [0.4, 0.5) is 4.39 Å². The van der Waals surface area contributed by atoms with Gasteiger partial charge in [-0.25, -0.2) is 0 Å². The van der Waals surface area contributed by atoms with Gasteiger partial charge in [-0.2, -0.15) is 9.61 Å². The lowest BCUT2D eigenvalue weighted by Gasteiger charge is -2.37. The molecule has 2 aromatic heterocycles. The fourth-order valence-corrected chi connectivity index (χ4v) is 4.03. The van der Waals surface area contributed by atoms with Crippen molar-refractivity contribution in [2.45, 2.75) is 32.8 Å². The van der Waals surface area contributed by atoms with E-state index in [2.05, 4.69) is 58.9 Å². The van der Waals surface area contributed by atoms with Crippen LogP contribution < -0.4 is 10.3 Å². The normalized spacial score (nSPS) is 14.7. The van der Waals surface area contributed by atoms with Crippen LogP contribution in [0.25, 0.3) is 5.65 Å². The molecular formula is C22H24BrFN4O3. The predicted molar refractivity (Wildman–Crippen MR) is 118 cm³/mol. The Kier molecular flexibility index (Phi) is 5.63. The highest BCUT2D eigenvalue weighted by atomic mass is 79.9. The number of benzene rings is 1. The quantitative estimate of drug-likeness (QED) is 0.591. The zero-order valence-electron chi connectivity index (χ0n) is 17.6. The van der Waals surface area contributed by atoms with E-state index in [9.17, 15) is 14.0 Å². The summed E-state index contributed by atoms with van der Waals surface area (Å²) < 4.78 is 19.9. The average molecular weight is 491 g/mol. The van der Waals surface area contributed by atoms with Crippen LogP contribution in [0.5, 0.6) is 5.88 Å².